The van der Waals surface area contributed by atoms with E-state index in [-0.39, 0.29) is 68.2 Å². The number of hydrogen-bond donors (Lipinski definition) is 4. The molecule has 5 N–H and O–H groups in total. The molecule has 2 amide bonds. The summed E-state index contributed by atoms with van der Waals surface area (Å²) in [7, 11) is 1.26. The van der Waals surface area contributed by atoms with E-state index < -0.39 is 29.4 Å². The Morgan fingerprint density at radius 1 is 0.786 bits per heavy atom. The topological polar surface area (TPSA) is 233 Å². The third-order valence-electron chi connectivity index (χ3n) is 4.67. The summed E-state index contributed by atoms with van der Waals surface area (Å²) < 4.78 is 14.9. The Hall–Kier alpha value is -3.48. The monoisotopic (exact) mass is 609 g/mol. The van der Waals surface area contributed by atoms with Crippen LogP contribution in [0.5, 0.6) is 0 Å². The Morgan fingerprint density at radius 2 is 1.24 bits per heavy atom. The maximum atomic E-state index is 11.8. The maximum Gasteiger partial charge on any atom is 1.00 e. The number of nitrogens with one attached hydrogen (secondary N) is 4. The molecule has 0 atom stereocenters. The van der Waals surface area contributed by atoms with Crippen molar-refractivity contribution >= 4 is 57.9 Å². The summed E-state index contributed by atoms with van der Waals surface area (Å²) in [5.74, 6) is -0.590. The van der Waals surface area contributed by atoms with Crippen LogP contribution in [0.3, 0.4) is 0 Å². The van der Waals surface area contributed by atoms with Crippen molar-refractivity contribution in [3.8, 4) is 0 Å². The van der Waals surface area contributed by atoms with Crippen molar-refractivity contribution in [2.24, 2.45) is 0 Å². The number of H-pyrrole nitrogens is 2. The van der Waals surface area contributed by atoms with Crippen LogP contribution in [-0.4, -0.2) is 78.1 Å². The van der Waals surface area contributed by atoms with Gasteiger partial charge < -0.3 is 34.4 Å². The number of anilines is 2. The molecular formula is C25H30KN8O8-. The van der Waals surface area contributed by atoms with E-state index in [1.807, 2.05) is 0 Å². The predicted molar refractivity (Wildman–Crippen MR) is 146 cm³/mol. The van der Waals surface area contributed by atoms with Gasteiger partial charge in [-0.15, -0.1) is 0 Å². The van der Waals surface area contributed by atoms with Gasteiger partial charge in [-0.1, -0.05) is 5.52 Å². The SMILES string of the molecule is CC(C)(C)OC(=O)Nc1c[nH]c2c([C-]=O)ncnc12.COC(=O)c1ncnc2c(NC(=O)OC(C)(C)C)c[nH]c12.[K+].[OH-]. The molecule has 16 nitrogen and oxygen atoms in total. The molecule has 0 aliphatic carbocycles. The molecule has 4 aromatic heterocycles. The van der Waals surface area contributed by atoms with E-state index in [4.69, 9.17) is 9.47 Å². The second kappa shape index (κ2) is 15.1. The summed E-state index contributed by atoms with van der Waals surface area (Å²) in [4.78, 5) is 67.1. The Balaban J connectivity index is 0.000000403. The number of fused-ring (bicyclic) bond motifs is 2. The third-order valence-corrected chi connectivity index (χ3v) is 4.67. The number of nitrogens with zero attached hydrogens (tertiary/aromatic N) is 4. The summed E-state index contributed by atoms with van der Waals surface area (Å²) in [6, 6.07) is 0. The van der Waals surface area contributed by atoms with Crippen LogP contribution in [0.1, 0.15) is 57.7 Å². The number of carbonyl (C=O) groups is 3. The minimum absolute atomic E-state index is 0. The van der Waals surface area contributed by atoms with Gasteiger partial charge >= 0.3 is 69.5 Å². The fourth-order valence-electron chi connectivity index (χ4n) is 3.22. The molecule has 4 aromatic rings. The van der Waals surface area contributed by atoms with Gasteiger partial charge in [-0.05, 0) is 47.2 Å². The molecule has 0 aliphatic rings. The van der Waals surface area contributed by atoms with Gasteiger partial charge in [-0.2, -0.15) is 0 Å². The van der Waals surface area contributed by atoms with Crippen LogP contribution >= 0.6 is 0 Å². The smallest absolute Gasteiger partial charge is 0.870 e. The fraction of sp³-hybridized carbons (Fsp3) is 0.360. The van der Waals surface area contributed by atoms with Crippen molar-refractivity contribution in [3.63, 3.8) is 0 Å². The Bertz CT molecular complexity index is 1560. The molecule has 0 aromatic carbocycles. The largest absolute Gasteiger partial charge is 1.00 e. The van der Waals surface area contributed by atoms with E-state index in [0.717, 1.165) is 0 Å². The second-order valence-corrected chi connectivity index (χ2v) is 10.1. The van der Waals surface area contributed by atoms with E-state index in [0.29, 0.717) is 33.4 Å². The molecule has 0 fully saturated rings. The average Bonchev–Trinajstić information content (AvgIpc) is 3.45. The summed E-state index contributed by atoms with van der Waals surface area (Å²) in [6.07, 6.45) is 5.98. The molecule has 42 heavy (non-hydrogen) atoms. The van der Waals surface area contributed by atoms with E-state index in [1.165, 1.54) is 32.2 Å². The van der Waals surface area contributed by atoms with Gasteiger partial charge in [0.2, 0.25) is 0 Å². The number of ether oxygens (including phenoxy) is 3. The standard InChI is InChI=1S/C13H16N4O4.C12H13N4O3.K.H2O/c1-13(2,3)21-12(19)17-7-5-14-9-8(7)15-6-16-10(9)11(18)20-4;1-12(2,3)19-11(18)16-7-4-13-10-8(5-17)14-6-15-9(7)10;;/h5-6,14H,1-4H3,(H,17,19);4,6,13H,1-3H3,(H,16,18);;1H2/q;-1;+1;/p-1. The molecule has 0 unspecified atom stereocenters. The van der Waals surface area contributed by atoms with E-state index in [2.05, 4.69) is 45.3 Å². The second-order valence-electron chi connectivity index (χ2n) is 10.1. The van der Waals surface area contributed by atoms with E-state index in [9.17, 15) is 19.2 Å². The van der Waals surface area contributed by atoms with Gasteiger partial charge in [-0.3, -0.25) is 20.6 Å². The van der Waals surface area contributed by atoms with E-state index >= 15 is 0 Å². The van der Waals surface area contributed by atoms with Crippen molar-refractivity contribution in [1.82, 2.24) is 29.9 Å². The molecular weight excluding hydrogens is 579 g/mol. The van der Waals surface area contributed by atoms with Crippen LogP contribution in [-0.2, 0) is 19.0 Å². The quantitative estimate of drug-likeness (QED) is 0.108. The third kappa shape index (κ3) is 9.81. The van der Waals surface area contributed by atoms with Crippen LogP contribution < -0.4 is 62.0 Å². The zero-order chi connectivity index (χ0) is 29.7. The average molecular weight is 610 g/mol. The van der Waals surface area contributed by atoms with Crippen LogP contribution in [0, 0.1) is 0 Å². The first-order chi connectivity index (χ1) is 18.7. The Kier molecular flexibility index (Phi) is 13.2. The normalized spacial score (nSPS) is 10.7. The summed E-state index contributed by atoms with van der Waals surface area (Å²) >= 11 is 0. The fourth-order valence-corrected chi connectivity index (χ4v) is 3.22. The minimum Gasteiger partial charge on any atom is -0.870 e. The van der Waals surface area contributed by atoms with Crippen molar-refractivity contribution in [2.45, 2.75) is 52.7 Å². The van der Waals surface area contributed by atoms with Crippen LogP contribution in [0.2, 0.25) is 0 Å². The van der Waals surface area contributed by atoms with Crippen LogP contribution in [0.4, 0.5) is 21.0 Å². The van der Waals surface area contributed by atoms with Crippen LogP contribution in [0.15, 0.2) is 25.0 Å². The van der Waals surface area contributed by atoms with Crippen molar-refractivity contribution < 1.29 is 90.2 Å². The van der Waals surface area contributed by atoms with Crippen LogP contribution in [0.25, 0.3) is 22.1 Å². The number of carbonyl (C=O) groups excluding carboxylic acids is 4. The molecule has 17 heteroatoms. The first kappa shape index (κ1) is 36.5. The summed E-state index contributed by atoms with van der Waals surface area (Å²) in [6.45, 7) is 10.6. The number of esters is 1. The molecule has 0 bridgehead atoms. The maximum absolute atomic E-state index is 11.8. The zero-order valence-corrected chi connectivity index (χ0v) is 27.5. The Labute approximate surface area is 282 Å². The van der Waals surface area contributed by atoms with Gasteiger partial charge in [0.05, 0.1) is 18.5 Å². The summed E-state index contributed by atoms with van der Waals surface area (Å²) in [5.41, 5.74) is 1.46. The van der Waals surface area contributed by atoms with Gasteiger partial charge in [0.15, 0.2) is 5.69 Å². The zero-order valence-electron chi connectivity index (χ0n) is 24.4. The molecule has 0 saturated heterocycles. The number of methoxy groups -OCH3 is 1. The van der Waals surface area contributed by atoms with Gasteiger partial charge in [0.1, 0.15) is 34.9 Å². The van der Waals surface area contributed by atoms with Crippen molar-refractivity contribution in [3.05, 3.63) is 36.4 Å². The van der Waals surface area contributed by atoms with Gasteiger partial charge in [0.25, 0.3) is 0 Å². The van der Waals surface area contributed by atoms with Crippen molar-refractivity contribution in [1.29, 1.82) is 0 Å². The molecule has 220 valence electrons. The van der Waals surface area contributed by atoms with Gasteiger partial charge in [0, 0.05) is 24.2 Å². The first-order valence-electron chi connectivity index (χ1n) is 11.8. The molecule has 4 heterocycles. The summed E-state index contributed by atoms with van der Waals surface area (Å²) in [5, 5.41) is 5.13. The number of rotatable bonds is 4. The first-order valence-corrected chi connectivity index (χ1v) is 11.8. The number of hydrogen-bond acceptors (Lipinski definition) is 12. The molecule has 4 rings (SSSR count). The van der Waals surface area contributed by atoms with E-state index in [1.54, 1.807) is 47.8 Å². The molecule has 0 aliphatic heterocycles. The molecule has 0 spiro atoms. The predicted octanol–water partition coefficient (Wildman–Crippen LogP) is 0.681. The number of aromatic nitrogens is 6. The minimum atomic E-state index is -0.610. The van der Waals surface area contributed by atoms with Crippen molar-refractivity contribution in [2.75, 3.05) is 17.7 Å². The van der Waals surface area contributed by atoms with Gasteiger partial charge in [-0.25, -0.2) is 24.4 Å². The number of amides is 2. The Morgan fingerprint density at radius 3 is 1.69 bits per heavy atom. The molecule has 0 radical (unpaired) electrons. The molecule has 0 saturated carbocycles. The number of aromatic amines is 2.